The fourth-order valence-corrected chi connectivity index (χ4v) is 1.12. The van der Waals surface area contributed by atoms with Crippen LogP contribution in [0.1, 0.15) is 52.9 Å². The largest absolute Gasteiger partial charge is 0.390 e. The molecule has 0 spiro atoms. The fraction of sp³-hybridized carbons (Fsp3) is 1.00. The van der Waals surface area contributed by atoms with Crippen molar-refractivity contribution in [3.8, 4) is 0 Å². The quantitative estimate of drug-likeness (QED) is 0.605. The average molecular weight is 174 g/mol. The molecule has 0 aromatic carbocycles. The molecule has 0 aliphatic rings. The van der Waals surface area contributed by atoms with Gasteiger partial charge in [0.1, 0.15) is 0 Å². The minimum atomic E-state index is -0.895. The molecule has 2 atom stereocenters. The average Bonchev–Trinajstić information content (AvgIpc) is 1.98. The lowest BCUT2D eigenvalue weighted by Gasteiger charge is -2.26. The van der Waals surface area contributed by atoms with Gasteiger partial charge in [-0.25, -0.2) is 0 Å². The summed E-state index contributed by atoms with van der Waals surface area (Å²) in [6.07, 6.45) is 4.65. The van der Waals surface area contributed by atoms with Crippen LogP contribution in [0.5, 0.6) is 0 Å². The summed E-state index contributed by atoms with van der Waals surface area (Å²) in [6, 6.07) is 0. The lowest BCUT2D eigenvalue weighted by atomic mass is 9.93. The summed E-state index contributed by atoms with van der Waals surface area (Å²) in [5.74, 6) is 0. The van der Waals surface area contributed by atoms with Gasteiger partial charge in [0.2, 0.25) is 0 Å². The van der Waals surface area contributed by atoms with E-state index >= 15 is 0 Å². The molecule has 74 valence electrons. The number of hydrogen-bond donors (Lipinski definition) is 2. The first-order valence-electron chi connectivity index (χ1n) is 4.91. The van der Waals surface area contributed by atoms with Crippen LogP contribution in [-0.4, -0.2) is 21.9 Å². The number of rotatable bonds is 6. The Morgan fingerprint density at radius 2 is 1.83 bits per heavy atom. The predicted octanol–water partition coefficient (Wildman–Crippen LogP) is 2.09. The predicted molar refractivity (Wildman–Crippen MR) is 51.1 cm³/mol. The van der Waals surface area contributed by atoms with E-state index in [1.54, 1.807) is 13.8 Å². The summed E-state index contributed by atoms with van der Waals surface area (Å²) in [5.41, 5.74) is -0.895. The Balaban J connectivity index is 3.47. The highest BCUT2D eigenvalue weighted by molar-refractivity contribution is 4.77. The van der Waals surface area contributed by atoms with Gasteiger partial charge in [-0.15, -0.1) is 0 Å². The SMILES string of the molecule is CCCCCC[C@@](C)(O)[C@H](C)O. The first-order chi connectivity index (χ1) is 5.50. The Morgan fingerprint density at radius 3 is 2.25 bits per heavy atom. The van der Waals surface area contributed by atoms with Crippen molar-refractivity contribution >= 4 is 0 Å². The third kappa shape index (κ3) is 4.73. The maximum Gasteiger partial charge on any atom is 0.0874 e. The molecule has 0 aromatic heterocycles. The van der Waals surface area contributed by atoms with Crippen molar-refractivity contribution in [2.45, 2.75) is 64.6 Å². The van der Waals surface area contributed by atoms with Crippen LogP contribution in [-0.2, 0) is 0 Å². The van der Waals surface area contributed by atoms with Gasteiger partial charge in [-0.05, 0) is 20.3 Å². The van der Waals surface area contributed by atoms with Crippen LogP contribution in [0.2, 0.25) is 0 Å². The van der Waals surface area contributed by atoms with Crippen LogP contribution in [0.15, 0.2) is 0 Å². The molecule has 0 rings (SSSR count). The lowest BCUT2D eigenvalue weighted by Crippen LogP contribution is -2.36. The van der Waals surface area contributed by atoms with Gasteiger partial charge in [-0.2, -0.15) is 0 Å². The minimum absolute atomic E-state index is 0.626. The molecule has 12 heavy (non-hydrogen) atoms. The molecule has 2 N–H and O–H groups in total. The second-order valence-corrected chi connectivity index (χ2v) is 3.84. The molecule has 0 amide bonds. The molecule has 2 heteroatoms. The molecule has 0 aliphatic heterocycles. The summed E-state index contributed by atoms with van der Waals surface area (Å²) < 4.78 is 0. The van der Waals surface area contributed by atoms with Crippen molar-refractivity contribution in [2.75, 3.05) is 0 Å². The van der Waals surface area contributed by atoms with Gasteiger partial charge in [0.15, 0.2) is 0 Å². The maximum absolute atomic E-state index is 9.64. The molecule has 0 fully saturated rings. The van der Waals surface area contributed by atoms with E-state index in [1.165, 1.54) is 12.8 Å². The van der Waals surface area contributed by atoms with Crippen molar-refractivity contribution < 1.29 is 10.2 Å². The van der Waals surface area contributed by atoms with Crippen molar-refractivity contribution in [3.63, 3.8) is 0 Å². The third-order valence-corrected chi connectivity index (χ3v) is 2.44. The molecule has 0 aliphatic carbocycles. The van der Waals surface area contributed by atoms with Crippen LogP contribution in [0.25, 0.3) is 0 Å². The number of hydrogen-bond acceptors (Lipinski definition) is 2. The summed E-state index contributed by atoms with van der Waals surface area (Å²) in [6.45, 7) is 5.50. The highest BCUT2D eigenvalue weighted by Crippen LogP contribution is 2.18. The van der Waals surface area contributed by atoms with Crippen molar-refractivity contribution in [2.24, 2.45) is 0 Å². The van der Waals surface area contributed by atoms with E-state index in [9.17, 15) is 10.2 Å². The molecule has 0 saturated heterocycles. The molecule has 0 aromatic rings. The van der Waals surface area contributed by atoms with E-state index in [-0.39, 0.29) is 0 Å². The molecular formula is C10H22O2. The topological polar surface area (TPSA) is 40.5 Å². The van der Waals surface area contributed by atoms with E-state index in [1.807, 2.05) is 0 Å². The van der Waals surface area contributed by atoms with Gasteiger partial charge in [-0.3, -0.25) is 0 Å². The van der Waals surface area contributed by atoms with Crippen LogP contribution in [0.4, 0.5) is 0 Å². The van der Waals surface area contributed by atoms with E-state index in [4.69, 9.17) is 0 Å². The van der Waals surface area contributed by atoms with Gasteiger partial charge in [-0.1, -0.05) is 32.6 Å². The summed E-state index contributed by atoms with van der Waals surface area (Å²) in [5, 5.41) is 18.8. The second kappa shape index (κ2) is 5.55. The minimum Gasteiger partial charge on any atom is -0.390 e. The first-order valence-corrected chi connectivity index (χ1v) is 4.91. The lowest BCUT2D eigenvalue weighted by molar-refractivity contribution is -0.0588. The zero-order chi connectivity index (χ0) is 9.61. The van der Waals surface area contributed by atoms with Crippen molar-refractivity contribution in [1.29, 1.82) is 0 Å². The van der Waals surface area contributed by atoms with Crippen LogP contribution in [0, 0.1) is 0 Å². The molecule has 0 radical (unpaired) electrons. The molecule has 2 nitrogen and oxygen atoms in total. The maximum atomic E-state index is 9.64. The Bertz CT molecular complexity index is 108. The van der Waals surface area contributed by atoms with E-state index in [2.05, 4.69) is 6.92 Å². The Labute approximate surface area is 75.6 Å². The van der Waals surface area contributed by atoms with Crippen LogP contribution < -0.4 is 0 Å². The highest BCUT2D eigenvalue weighted by atomic mass is 16.3. The highest BCUT2D eigenvalue weighted by Gasteiger charge is 2.25. The van der Waals surface area contributed by atoms with E-state index < -0.39 is 11.7 Å². The summed E-state index contributed by atoms with van der Waals surface area (Å²) in [7, 11) is 0. The zero-order valence-electron chi connectivity index (χ0n) is 8.51. The molecule has 0 heterocycles. The first kappa shape index (κ1) is 11.9. The van der Waals surface area contributed by atoms with Gasteiger partial charge in [0.25, 0.3) is 0 Å². The van der Waals surface area contributed by atoms with Gasteiger partial charge in [0, 0.05) is 0 Å². The molecule has 0 unspecified atom stereocenters. The standard InChI is InChI=1S/C10H22O2/c1-4-5-6-7-8-10(3,12)9(2)11/h9,11-12H,4-8H2,1-3H3/t9-,10+/m0/s1. The fourth-order valence-electron chi connectivity index (χ4n) is 1.12. The normalized spacial score (nSPS) is 18.8. The van der Waals surface area contributed by atoms with Crippen molar-refractivity contribution in [3.05, 3.63) is 0 Å². The molecule has 0 bridgehead atoms. The smallest absolute Gasteiger partial charge is 0.0874 e. The zero-order valence-corrected chi connectivity index (χ0v) is 8.51. The Hall–Kier alpha value is -0.0800. The van der Waals surface area contributed by atoms with Crippen LogP contribution in [0.3, 0.4) is 0 Å². The monoisotopic (exact) mass is 174 g/mol. The third-order valence-electron chi connectivity index (χ3n) is 2.44. The number of aliphatic hydroxyl groups is 2. The number of unbranched alkanes of at least 4 members (excludes halogenated alkanes) is 3. The van der Waals surface area contributed by atoms with Gasteiger partial charge < -0.3 is 10.2 Å². The van der Waals surface area contributed by atoms with Gasteiger partial charge >= 0.3 is 0 Å². The molecule has 0 saturated carbocycles. The van der Waals surface area contributed by atoms with E-state index in [0.717, 1.165) is 12.8 Å². The van der Waals surface area contributed by atoms with Crippen LogP contribution >= 0.6 is 0 Å². The second-order valence-electron chi connectivity index (χ2n) is 3.84. The molecular weight excluding hydrogens is 152 g/mol. The summed E-state index contributed by atoms with van der Waals surface area (Å²) in [4.78, 5) is 0. The van der Waals surface area contributed by atoms with Gasteiger partial charge in [0.05, 0.1) is 11.7 Å². The Morgan fingerprint density at radius 1 is 1.25 bits per heavy atom. The Kier molecular flexibility index (Phi) is 5.51. The summed E-state index contributed by atoms with van der Waals surface area (Å²) >= 11 is 0. The van der Waals surface area contributed by atoms with Crippen molar-refractivity contribution in [1.82, 2.24) is 0 Å². The number of aliphatic hydroxyl groups excluding tert-OH is 1. The van der Waals surface area contributed by atoms with E-state index in [0.29, 0.717) is 6.42 Å².